The van der Waals surface area contributed by atoms with E-state index in [2.05, 4.69) is 10.9 Å². The maximum Gasteiger partial charge on any atom is 0.271 e. The fraction of sp³-hybridized carbons (Fsp3) is 0.238. The number of sulfonamides is 1. The van der Waals surface area contributed by atoms with Crippen molar-refractivity contribution < 1.29 is 22.5 Å². The van der Waals surface area contributed by atoms with Crippen molar-refractivity contribution in [2.24, 2.45) is 4.99 Å². The number of hydrogen-bond acceptors (Lipinski definition) is 6. The van der Waals surface area contributed by atoms with Gasteiger partial charge in [0.2, 0.25) is 10.0 Å². The summed E-state index contributed by atoms with van der Waals surface area (Å²) in [6.07, 6.45) is 6.20. The standard InChI is InChI=1S/C21H17FN4O5S2/c1-2-11-24-18-13-15(26(28)29)7-10-19(18)32-21(24)23-20(27)17-4-3-12-25(17)33(30,31)16-8-5-14(22)6-9-16/h1,5-10,13,17H,3-4,11-12H2. The Hall–Kier alpha value is -3.40. The van der Waals surface area contributed by atoms with Crippen molar-refractivity contribution in [1.29, 1.82) is 0 Å². The summed E-state index contributed by atoms with van der Waals surface area (Å²) in [6.45, 7) is 0.157. The first-order chi connectivity index (χ1) is 15.7. The van der Waals surface area contributed by atoms with E-state index < -0.39 is 32.7 Å². The molecule has 33 heavy (non-hydrogen) atoms. The minimum Gasteiger partial charge on any atom is -0.304 e. The lowest BCUT2D eigenvalue weighted by Crippen LogP contribution is -2.40. The van der Waals surface area contributed by atoms with Crippen LogP contribution in [0.2, 0.25) is 0 Å². The van der Waals surface area contributed by atoms with E-state index in [4.69, 9.17) is 6.42 Å². The minimum atomic E-state index is -4.03. The van der Waals surface area contributed by atoms with Crippen molar-refractivity contribution in [1.82, 2.24) is 8.87 Å². The molecular formula is C21H17FN4O5S2. The SMILES string of the molecule is C#CCn1c(=NC(=O)C2CCCN2S(=O)(=O)c2ccc(F)cc2)sc2ccc([N+](=O)[O-])cc21. The fourth-order valence-electron chi connectivity index (χ4n) is 3.69. The van der Waals surface area contributed by atoms with E-state index in [1.807, 2.05) is 0 Å². The molecule has 4 rings (SSSR count). The summed E-state index contributed by atoms with van der Waals surface area (Å²) in [5, 5.41) is 11.1. The summed E-state index contributed by atoms with van der Waals surface area (Å²) in [5.41, 5.74) is 0.331. The molecule has 0 aliphatic carbocycles. The van der Waals surface area contributed by atoms with Crippen LogP contribution in [0.5, 0.6) is 0 Å². The number of non-ortho nitro benzene ring substituents is 1. The van der Waals surface area contributed by atoms with Gasteiger partial charge in [-0.25, -0.2) is 12.8 Å². The van der Waals surface area contributed by atoms with Gasteiger partial charge in [-0.2, -0.15) is 9.30 Å². The molecular weight excluding hydrogens is 471 g/mol. The molecule has 12 heteroatoms. The minimum absolute atomic E-state index is 0.0234. The van der Waals surface area contributed by atoms with Crippen LogP contribution in [0.4, 0.5) is 10.1 Å². The van der Waals surface area contributed by atoms with E-state index in [1.54, 1.807) is 6.07 Å². The van der Waals surface area contributed by atoms with Gasteiger partial charge in [-0.05, 0) is 43.2 Å². The van der Waals surface area contributed by atoms with Gasteiger partial charge in [0.15, 0.2) is 4.80 Å². The molecule has 9 nitrogen and oxygen atoms in total. The zero-order valence-electron chi connectivity index (χ0n) is 17.0. The first-order valence-electron chi connectivity index (χ1n) is 9.79. The van der Waals surface area contributed by atoms with E-state index in [0.29, 0.717) is 16.6 Å². The molecule has 0 bridgehead atoms. The number of hydrogen-bond donors (Lipinski definition) is 0. The Morgan fingerprint density at radius 2 is 2.03 bits per heavy atom. The molecule has 0 radical (unpaired) electrons. The normalized spacial score (nSPS) is 17.3. The Balaban J connectivity index is 1.74. The highest BCUT2D eigenvalue weighted by Crippen LogP contribution is 2.27. The summed E-state index contributed by atoms with van der Waals surface area (Å²) in [6, 6.07) is 7.63. The second-order valence-electron chi connectivity index (χ2n) is 7.26. The van der Waals surface area contributed by atoms with Crippen LogP contribution in [-0.2, 0) is 21.4 Å². The van der Waals surface area contributed by atoms with E-state index in [0.717, 1.165) is 39.9 Å². The first-order valence-corrected chi connectivity index (χ1v) is 12.1. The van der Waals surface area contributed by atoms with Gasteiger partial charge in [0, 0.05) is 18.7 Å². The van der Waals surface area contributed by atoms with Crippen LogP contribution in [0.15, 0.2) is 52.4 Å². The number of aromatic nitrogens is 1. The number of amides is 1. The summed E-state index contributed by atoms with van der Waals surface area (Å²) < 4.78 is 42.5. The maximum absolute atomic E-state index is 13.2. The molecule has 1 aliphatic rings. The second-order valence-corrected chi connectivity index (χ2v) is 10.2. The zero-order chi connectivity index (χ0) is 23.8. The Kier molecular flexibility index (Phi) is 6.11. The monoisotopic (exact) mass is 488 g/mol. The van der Waals surface area contributed by atoms with E-state index in [9.17, 15) is 27.7 Å². The smallest absolute Gasteiger partial charge is 0.271 e. The molecule has 2 heterocycles. The van der Waals surface area contributed by atoms with E-state index in [-0.39, 0.29) is 34.9 Å². The summed E-state index contributed by atoms with van der Waals surface area (Å²) in [5.74, 6) is 1.21. The van der Waals surface area contributed by atoms with Crippen LogP contribution < -0.4 is 4.80 Å². The molecule has 1 unspecified atom stereocenters. The van der Waals surface area contributed by atoms with Crippen LogP contribution in [-0.4, -0.2) is 40.7 Å². The topological polar surface area (TPSA) is 115 Å². The van der Waals surface area contributed by atoms with Crippen molar-refractivity contribution in [3.8, 4) is 12.3 Å². The highest BCUT2D eigenvalue weighted by atomic mass is 32.2. The van der Waals surface area contributed by atoms with Gasteiger partial charge >= 0.3 is 0 Å². The summed E-state index contributed by atoms with van der Waals surface area (Å²) in [4.78, 5) is 27.9. The first kappa shape index (κ1) is 22.8. The highest BCUT2D eigenvalue weighted by Gasteiger charge is 2.39. The van der Waals surface area contributed by atoms with Crippen molar-refractivity contribution >= 4 is 43.2 Å². The molecule has 1 amide bonds. The molecule has 0 spiro atoms. The van der Waals surface area contributed by atoms with Gasteiger partial charge in [-0.3, -0.25) is 14.9 Å². The lowest BCUT2D eigenvalue weighted by atomic mass is 10.2. The summed E-state index contributed by atoms with van der Waals surface area (Å²) in [7, 11) is -4.03. The largest absolute Gasteiger partial charge is 0.304 e. The fourth-order valence-corrected chi connectivity index (χ4v) is 6.35. The van der Waals surface area contributed by atoms with Gasteiger partial charge in [-0.1, -0.05) is 17.3 Å². The average molecular weight is 489 g/mol. The Labute approximate surface area is 192 Å². The maximum atomic E-state index is 13.2. The highest BCUT2D eigenvalue weighted by molar-refractivity contribution is 7.89. The zero-order valence-corrected chi connectivity index (χ0v) is 18.7. The van der Waals surface area contributed by atoms with Crippen LogP contribution >= 0.6 is 11.3 Å². The molecule has 1 aliphatic heterocycles. The van der Waals surface area contributed by atoms with Crippen LogP contribution in [0.3, 0.4) is 0 Å². The molecule has 1 atom stereocenters. The Bertz CT molecular complexity index is 1470. The number of thiazole rings is 1. The molecule has 1 aromatic heterocycles. The van der Waals surface area contributed by atoms with Crippen molar-refractivity contribution in [2.75, 3.05) is 6.54 Å². The lowest BCUT2D eigenvalue weighted by Gasteiger charge is -2.21. The molecule has 2 aromatic carbocycles. The average Bonchev–Trinajstić information content (AvgIpc) is 3.40. The van der Waals surface area contributed by atoms with Gasteiger partial charge in [0.1, 0.15) is 11.9 Å². The van der Waals surface area contributed by atoms with Crippen LogP contribution in [0, 0.1) is 28.3 Å². The number of nitrogens with zero attached hydrogens (tertiary/aromatic N) is 4. The van der Waals surface area contributed by atoms with Crippen LogP contribution in [0.1, 0.15) is 12.8 Å². The Morgan fingerprint density at radius 1 is 1.30 bits per heavy atom. The third-order valence-electron chi connectivity index (χ3n) is 5.24. The molecule has 170 valence electrons. The number of carbonyl (C=O) groups is 1. The number of nitro benzene ring substituents is 1. The number of benzene rings is 2. The molecule has 1 fully saturated rings. The van der Waals surface area contributed by atoms with Gasteiger partial charge < -0.3 is 4.57 Å². The van der Waals surface area contributed by atoms with Gasteiger partial charge in [-0.15, -0.1) is 6.42 Å². The summed E-state index contributed by atoms with van der Waals surface area (Å²) >= 11 is 1.13. The van der Waals surface area contributed by atoms with Crippen LogP contribution in [0.25, 0.3) is 10.2 Å². The van der Waals surface area contributed by atoms with E-state index >= 15 is 0 Å². The van der Waals surface area contributed by atoms with Gasteiger partial charge in [0.05, 0.1) is 26.6 Å². The molecule has 0 saturated carbocycles. The third-order valence-corrected chi connectivity index (χ3v) is 8.22. The second kappa shape index (κ2) is 8.86. The predicted octanol–water partition coefficient (Wildman–Crippen LogP) is 2.66. The van der Waals surface area contributed by atoms with E-state index in [1.165, 1.54) is 16.7 Å². The number of fused-ring (bicyclic) bond motifs is 1. The number of carbonyl (C=O) groups excluding carboxylic acids is 1. The number of rotatable bonds is 5. The quantitative estimate of drug-likeness (QED) is 0.311. The third kappa shape index (κ3) is 4.30. The number of terminal acetylenes is 1. The van der Waals surface area contributed by atoms with Crippen molar-refractivity contribution in [3.05, 3.63) is 63.2 Å². The Morgan fingerprint density at radius 3 is 2.70 bits per heavy atom. The predicted molar refractivity (Wildman–Crippen MR) is 119 cm³/mol. The molecule has 3 aromatic rings. The van der Waals surface area contributed by atoms with Gasteiger partial charge in [0.25, 0.3) is 11.6 Å². The number of halogens is 1. The number of nitro groups is 1. The molecule has 1 saturated heterocycles. The van der Waals surface area contributed by atoms with Crippen molar-refractivity contribution in [2.45, 2.75) is 30.3 Å². The van der Waals surface area contributed by atoms with Crippen molar-refractivity contribution in [3.63, 3.8) is 0 Å². The lowest BCUT2D eigenvalue weighted by molar-refractivity contribution is -0.384. The molecule has 0 N–H and O–H groups in total.